The Balaban J connectivity index is 2.85. The van der Waals surface area contributed by atoms with E-state index in [4.69, 9.17) is 14.9 Å². The summed E-state index contributed by atoms with van der Waals surface area (Å²) < 4.78 is 5.12. The summed E-state index contributed by atoms with van der Waals surface area (Å²) in [5.74, 6) is 0.371. The van der Waals surface area contributed by atoms with Gasteiger partial charge in [-0.15, -0.1) is 0 Å². The Bertz CT molecular complexity index is 342. The first kappa shape index (κ1) is 9.19. The third-order valence-electron chi connectivity index (χ3n) is 1.42. The fraction of sp³-hybridized carbons (Fsp3) is 0. The third-order valence-corrected chi connectivity index (χ3v) is 1.42. The molecule has 2 N–H and O–H groups in total. The highest BCUT2D eigenvalue weighted by Gasteiger charge is 2.01. The highest BCUT2D eigenvalue weighted by Crippen LogP contribution is 2.29. The number of phenols is 2. The largest absolute Gasteiger partial charge is 0.504 e. The van der Waals surface area contributed by atoms with Gasteiger partial charge in [0.2, 0.25) is 0 Å². The molecule has 0 heterocycles. The second-order valence-electron chi connectivity index (χ2n) is 2.42. The summed E-state index contributed by atoms with van der Waals surface area (Å²) in [6, 6.07) is 4.15. The predicted molar refractivity (Wildman–Crippen MR) is 49.7 cm³/mol. The highest BCUT2D eigenvalue weighted by atomic mass is 16.5. The van der Waals surface area contributed by atoms with Crippen LogP contribution in [0.5, 0.6) is 17.2 Å². The van der Waals surface area contributed by atoms with Gasteiger partial charge in [-0.25, -0.2) is 0 Å². The number of phenolic OH excluding ortho intramolecular Hbond substituents is 2. The molecule has 0 saturated carbocycles. The van der Waals surface area contributed by atoms with Crippen LogP contribution in [0.15, 0.2) is 43.2 Å². The summed E-state index contributed by atoms with van der Waals surface area (Å²) in [7, 11) is 0. The van der Waals surface area contributed by atoms with Gasteiger partial charge in [0.15, 0.2) is 11.5 Å². The van der Waals surface area contributed by atoms with Crippen LogP contribution in [0, 0.1) is 0 Å². The Morgan fingerprint density at radius 1 is 1.31 bits per heavy atom. The molecular weight excluding hydrogens is 168 g/mol. The maximum Gasteiger partial charge on any atom is 0.161 e. The minimum atomic E-state index is -0.227. The van der Waals surface area contributed by atoms with Crippen molar-refractivity contribution in [3.8, 4) is 17.2 Å². The predicted octanol–water partition coefficient (Wildman–Crippen LogP) is 2.18. The lowest BCUT2D eigenvalue weighted by atomic mass is 10.3. The van der Waals surface area contributed by atoms with Crippen molar-refractivity contribution in [3.63, 3.8) is 0 Å². The molecule has 68 valence electrons. The molecule has 0 amide bonds. The van der Waals surface area contributed by atoms with E-state index in [-0.39, 0.29) is 11.5 Å². The molecule has 3 heteroatoms. The summed E-state index contributed by atoms with van der Waals surface area (Å²) >= 11 is 0. The molecule has 0 bridgehead atoms. The van der Waals surface area contributed by atoms with Gasteiger partial charge in [-0.05, 0) is 18.2 Å². The van der Waals surface area contributed by atoms with Gasteiger partial charge in [0, 0.05) is 6.07 Å². The molecule has 0 aliphatic heterocycles. The quantitative estimate of drug-likeness (QED) is 0.423. The molecular formula is C10H10O3. The van der Waals surface area contributed by atoms with Crippen LogP contribution in [-0.2, 0) is 0 Å². The molecule has 0 saturated heterocycles. The summed E-state index contributed by atoms with van der Waals surface area (Å²) in [6.07, 6.45) is 1.45. The standard InChI is InChI=1S/C10H10O3/c1-3-7(2)13-8-4-5-9(11)10(12)6-8/h3-6,11-12H,1-2H2. The molecule has 1 aromatic carbocycles. The van der Waals surface area contributed by atoms with Crippen LogP contribution in [-0.4, -0.2) is 10.2 Å². The molecule has 3 nitrogen and oxygen atoms in total. The van der Waals surface area contributed by atoms with E-state index >= 15 is 0 Å². The minimum Gasteiger partial charge on any atom is -0.504 e. The maximum atomic E-state index is 9.10. The molecule has 1 aromatic rings. The van der Waals surface area contributed by atoms with Gasteiger partial charge >= 0.3 is 0 Å². The van der Waals surface area contributed by atoms with Crippen LogP contribution in [0.2, 0.25) is 0 Å². The van der Waals surface area contributed by atoms with Gasteiger partial charge in [0.25, 0.3) is 0 Å². The number of hydrogen-bond donors (Lipinski definition) is 2. The van der Waals surface area contributed by atoms with Crippen molar-refractivity contribution >= 4 is 0 Å². The van der Waals surface area contributed by atoms with Gasteiger partial charge in [-0.3, -0.25) is 0 Å². The van der Waals surface area contributed by atoms with Crippen molar-refractivity contribution in [1.29, 1.82) is 0 Å². The molecule has 0 aromatic heterocycles. The minimum absolute atomic E-state index is 0.184. The second-order valence-corrected chi connectivity index (χ2v) is 2.42. The Morgan fingerprint density at radius 2 is 2.00 bits per heavy atom. The van der Waals surface area contributed by atoms with Gasteiger partial charge in [0.05, 0.1) is 0 Å². The van der Waals surface area contributed by atoms with Crippen LogP contribution in [0.25, 0.3) is 0 Å². The third kappa shape index (κ3) is 2.27. The molecule has 1 rings (SSSR count). The number of ether oxygens (including phenoxy) is 1. The highest BCUT2D eigenvalue weighted by molar-refractivity contribution is 5.43. The molecule has 0 aliphatic carbocycles. The first-order valence-electron chi connectivity index (χ1n) is 3.64. The lowest BCUT2D eigenvalue weighted by molar-refractivity contribution is 0.394. The van der Waals surface area contributed by atoms with Crippen molar-refractivity contribution in [2.75, 3.05) is 0 Å². The van der Waals surface area contributed by atoms with Crippen LogP contribution in [0.4, 0.5) is 0 Å². The van der Waals surface area contributed by atoms with E-state index in [1.165, 1.54) is 24.3 Å². The zero-order valence-electron chi connectivity index (χ0n) is 7.03. The van der Waals surface area contributed by atoms with Crippen molar-refractivity contribution in [2.24, 2.45) is 0 Å². The molecule has 0 radical (unpaired) electrons. The van der Waals surface area contributed by atoms with Crippen LogP contribution in [0.3, 0.4) is 0 Å². The monoisotopic (exact) mass is 178 g/mol. The van der Waals surface area contributed by atoms with E-state index in [1.807, 2.05) is 0 Å². The first-order valence-corrected chi connectivity index (χ1v) is 3.64. The van der Waals surface area contributed by atoms with Crippen molar-refractivity contribution in [1.82, 2.24) is 0 Å². The number of rotatable bonds is 3. The Labute approximate surface area is 76.2 Å². The Hall–Kier alpha value is -1.90. The fourth-order valence-electron chi connectivity index (χ4n) is 0.760. The molecule has 0 fully saturated rings. The van der Waals surface area contributed by atoms with Crippen molar-refractivity contribution < 1.29 is 14.9 Å². The SMILES string of the molecule is C=CC(=C)Oc1ccc(O)c(O)c1. The smallest absolute Gasteiger partial charge is 0.161 e. The average Bonchev–Trinajstić information content (AvgIpc) is 2.11. The summed E-state index contributed by atoms with van der Waals surface area (Å²) in [5.41, 5.74) is 0. The van der Waals surface area contributed by atoms with Gasteiger partial charge in [-0.1, -0.05) is 13.2 Å². The van der Waals surface area contributed by atoms with E-state index in [9.17, 15) is 0 Å². The summed E-state index contributed by atoms with van der Waals surface area (Å²) in [6.45, 7) is 7.00. The Kier molecular flexibility index (Phi) is 2.59. The summed E-state index contributed by atoms with van der Waals surface area (Å²) in [5, 5.41) is 18.1. The number of benzene rings is 1. The number of allylic oxidation sites excluding steroid dienone is 1. The van der Waals surface area contributed by atoms with E-state index in [0.717, 1.165) is 0 Å². The Morgan fingerprint density at radius 3 is 2.54 bits per heavy atom. The molecule has 0 spiro atoms. The van der Waals surface area contributed by atoms with Gasteiger partial charge in [0.1, 0.15) is 11.5 Å². The number of aromatic hydroxyl groups is 2. The normalized spacial score (nSPS) is 9.23. The van der Waals surface area contributed by atoms with E-state index in [1.54, 1.807) is 0 Å². The molecule has 0 unspecified atom stereocenters. The summed E-state index contributed by atoms with van der Waals surface area (Å²) in [4.78, 5) is 0. The van der Waals surface area contributed by atoms with E-state index in [2.05, 4.69) is 13.2 Å². The maximum absolute atomic E-state index is 9.10. The van der Waals surface area contributed by atoms with Gasteiger partial charge < -0.3 is 14.9 Å². The van der Waals surface area contributed by atoms with Crippen molar-refractivity contribution in [3.05, 3.63) is 43.2 Å². The average molecular weight is 178 g/mol. The van der Waals surface area contributed by atoms with Crippen LogP contribution in [0.1, 0.15) is 0 Å². The zero-order valence-corrected chi connectivity index (χ0v) is 7.03. The second kappa shape index (κ2) is 3.67. The van der Waals surface area contributed by atoms with E-state index < -0.39 is 0 Å². The molecule has 0 aliphatic rings. The topological polar surface area (TPSA) is 49.7 Å². The lowest BCUT2D eigenvalue weighted by Gasteiger charge is -2.05. The zero-order chi connectivity index (χ0) is 9.84. The molecule has 0 atom stereocenters. The first-order chi connectivity index (χ1) is 6.13. The van der Waals surface area contributed by atoms with Crippen molar-refractivity contribution in [2.45, 2.75) is 0 Å². The molecule has 13 heavy (non-hydrogen) atoms. The number of hydrogen-bond acceptors (Lipinski definition) is 3. The van der Waals surface area contributed by atoms with Crippen LogP contribution >= 0.6 is 0 Å². The van der Waals surface area contributed by atoms with Gasteiger partial charge in [-0.2, -0.15) is 0 Å². The lowest BCUT2D eigenvalue weighted by Crippen LogP contribution is -1.88. The fourth-order valence-corrected chi connectivity index (χ4v) is 0.760. The van der Waals surface area contributed by atoms with Crippen LogP contribution < -0.4 is 4.74 Å². The van der Waals surface area contributed by atoms with E-state index in [0.29, 0.717) is 11.5 Å².